The van der Waals surface area contributed by atoms with Crippen molar-refractivity contribution in [1.82, 2.24) is 15.0 Å². The smallest absolute Gasteiger partial charge is 0.226 e. The Hall–Kier alpha value is -1.65. The van der Waals surface area contributed by atoms with Crippen molar-refractivity contribution in [3.05, 3.63) is 24.4 Å². The highest BCUT2D eigenvalue weighted by Gasteiger charge is 2.30. The number of amides is 1. The summed E-state index contributed by atoms with van der Waals surface area (Å²) in [6, 6.07) is 0. The molecule has 5 nitrogen and oxygen atoms in total. The normalized spacial score (nSPS) is 22.3. The van der Waals surface area contributed by atoms with Gasteiger partial charge in [0.15, 0.2) is 5.82 Å². The summed E-state index contributed by atoms with van der Waals surface area (Å²) in [5, 5.41) is 4.06. The van der Waals surface area contributed by atoms with Crippen molar-refractivity contribution >= 4 is 5.91 Å². The molecule has 3 rings (SSSR count). The lowest BCUT2D eigenvalue weighted by atomic mass is 9.94. The van der Waals surface area contributed by atoms with Crippen LogP contribution in [0.2, 0.25) is 0 Å². The molecule has 0 aromatic carbocycles. The molecule has 1 aliphatic heterocycles. The minimum Gasteiger partial charge on any atom is -0.342 e. The molecule has 1 aromatic heterocycles. The molecule has 0 bridgehead atoms. The third kappa shape index (κ3) is 3.71. The molecule has 1 aliphatic carbocycles. The van der Waals surface area contributed by atoms with E-state index in [2.05, 4.69) is 16.7 Å². The van der Waals surface area contributed by atoms with Crippen molar-refractivity contribution in [2.24, 2.45) is 5.92 Å². The molecule has 1 saturated carbocycles. The van der Waals surface area contributed by atoms with E-state index in [1.54, 1.807) is 6.08 Å². The van der Waals surface area contributed by atoms with Crippen LogP contribution in [0.4, 0.5) is 0 Å². The number of carbonyl (C=O) groups is 1. The Morgan fingerprint density at radius 2 is 2.29 bits per heavy atom. The van der Waals surface area contributed by atoms with Crippen LogP contribution in [0.1, 0.15) is 56.2 Å². The maximum Gasteiger partial charge on any atom is 0.226 e. The molecule has 1 atom stereocenters. The van der Waals surface area contributed by atoms with Crippen LogP contribution >= 0.6 is 0 Å². The fourth-order valence-corrected chi connectivity index (χ4v) is 2.95. The summed E-state index contributed by atoms with van der Waals surface area (Å²) in [6.07, 6.45) is 8.50. The Balaban J connectivity index is 1.52. The predicted molar refractivity (Wildman–Crippen MR) is 78.7 cm³/mol. The van der Waals surface area contributed by atoms with E-state index in [9.17, 15) is 4.79 Å². The van der Waals surface area contributed by atoms with Crippen LogP contribution in [0.15, 0.2) is 17.2 Å². The number of allylic oxidation sites excluding steroid dienone is 1. The number of carbonyl (C=O) groups excluding carboxylic acids is 1. The van der Waals surface area contributed by atoms with E-state index in [-0.39, 0.29) is 5.91 Å². The van der Waals surface area contributed by atoms with Gasteiger partial charge in [-0.25, -0.2) is 0 Å². The Labute approximate surface area is 125 Å². The second kappa shape index (κ2) is 6.41. The maximum atomic E-state index is 12.1. The molecule has 21 heavy (non-hydrogen) atoms. The molecule has 0 unspecified atom stereocenters. The van der Waals surface area contributed by atoms with Crippen LogP contribution < -0.4 is 0 Å². The first-order chi connectivity index (χ1) is 10.3. The minimum atomic E-state index is 0.240. The Morgan fingerprint density at radius 1 is 1.43 bits per heavy atom. The van der Waals surface area contributed by atoms with E-state index in [4.69, 9.17) is 4.52 Å². The zero-order valence-corrected chi connectivity index (χ0v) is 12.5. The first-order valence-corrected chi connectivity index (χ1v) is 7.97. The molecular formula is C16H23N3O2. The number of hydrogen-bond acceptors (Lipinski definition) is 4. The summed E-state index contributed by atoms with van der Waals surface area (Å²) >= 11 is 0. The number of rotatable bonds is 6. The zero-order chi connectivity index (χ0) is 14.7. The predicted octanol–water partition coefficient (Wildman–Crippen LogP) is 2.69. The van der Waals surface area contributed by atoms with Gasteiger partial charge < -0.3 is 9.42 Å². The van der Waals surface area contributed by atoms with Gasteiger partial charge >= 0.3 is 0 Å². The van der Waals surface area contributed by atoms with Gasteiger partial charge in [0.1, 0.15) is 0 Å². The maximum absolute atomic E-state index is 12.1. The molecule has 0 radical (unpaired) electrons. The van der Waals surface area contributed by atoms with Crippen LogP contribution in [0.25, 0.3) is 0 Å². The van der Waals surface area contributed by atoms with Gasteiger partial charge in [-0.2, -0.15) is 4.98 Å². The fraction of sp³-hybridized carbons (Fsp3) is 0.688. The molecule has 0 N–H and O–H groups in total. The van der Waals surface area contributed by atoms with Crippen LogP contribution in [0.5, 0.6) is 0 Å². The number of hydrogen-bond donors (Lipinski definition) is 0. The van der Waals surface area contributed by atoms with Crippen molar-refractivity contribution in [2.45, 2.75) is 50.9 Å². The largest absolute Gasteiger partial charge is 0.342 e. The summed E-state index contributed by atoms with van der Waals surface area (Å²) < 4.78 is 5.35. The second-order valence-corrected chi connectivity index (χ2v) is 6.20. The molecule has 1 saturated heterocycles. The number of piperidine rings is 1. The highest BCUT2D eigenvalue weighted by atomic mass is 16.5. The average molecular weight is 289 g/mol. The zero-order valence-electron chi connectivity index (χ0n) is 12.5. The Bertz CT molecular complexity index is 507. The average Bonchev–Trinajstić information content (AvgIpc) is 3.25. The van der Waals surface area contributed by atoms with E-state index < -0.39 is 0 Å². The Morgan fingerprint density at radius 3 is 3.05 bits per heavy atom. The van der Waals surface area contributed by atoms with Crippen LogP contribution in [-0.2, 0) is 11.2 Å². The number of likely N-dealkylation sites (tertiary alicyclic amines) is 1. The molecule has 2 aliphatic rings. The number of aromatic nitrogens is 2. The molecule has 0 spiro atoms. The molecule has 2 heterocycles. The lowest BCUT2D eigenvalue weighted by molar-refractivity contribution is -0.132. The van der Waals surface area contributed by atoms with Crippen molar-refractivity contribution in [1.29, 1.82) is 0 Å². The fourth-order valence-electron chi connectivity index (χ4n) is 2.95. The van der Waals surface area contributed by atoms with Gasteiger partial charge in [0, 0.05) is 31.8 Å². The van der Waals surface area contributed by atoms with Gasteiger partial charge in [-0.1, -0.05) is 11.2 Å². The van der Waals surface area contributed by atoms with Crippen LogP contribution in [-0.4, -0.2) is 34.0 Å². The minimum absolute atomic E-state index is 0.240. The van der Waals surface area contributed by atoms with Crippen molar-refractivity contribution in [2.75, 3.05) is 13.1 Å². The van der Waals surface area contributed by atoms with Gasteiger partial charge in [0.2, 0.25) is 11.8 Å². The first kappa shape index (κ1) is 14.3. The van der Waals surface area contributed by atoms with E-state index >= 15 is 0 Å². The third-order valence-electron chi connectivity index (χ3n) is 4.32. The first-order valence-electron chi connectivity index (χ1n) is 7.97. The lowest BCUT2D eigenvalue weighted by Crippen LogP contribution is -2.40. The highest BCUT2D eigenvalue weighted by molar-refractivity contribution is 5.76. The van der Waals surface area contributed by atoms with Crippen molar-refractivity contribution in [3.63, 3.8) is 0 Å². The van der Waals surface area contributed by atoms with Gasteiger partial charge in [0.25, 0.3) is 0 Å². The van der Waals surface area contributed by atoms with Crippen LogP contribution in [0, 0.1) is 5.92 Å². The molecule has 1 amide bonds. The summed E-state index contributed by atoms with van der Waals surface area (Å²) in [7, 11) is 0. The highest BCUT2D eigenvalue weighted by Crippen LogP contribution is 2.38. The quantitative estimate of drug-likeness (QED) is 0.755. The standard InChI is InChI=1S/C16H23N3O2/c1-2-3-6-15(20)19-9-4-5-12(11-19)10-14-17-16(18-21-14)13-7-8-13/h2,12-13H,1,3-11H2/t12-/m1/s1. The monoisotopic (exact) mass is 289 g/mol. The van der Waals surface area contributed by atoms with E-state index in [1.807, 2.05) is 4.90 Å². The van der Waals surface area contributed by atoms with Gasteiger partial charge in [-0.05, 0) is 38.0 Å². The summed E-state index contributed by atoms with van der Waals surface area (Å²) in [5.74, 6) is 2.83. The lowest BCUT2D eigenvalue weighted by Gasteiger charge is -2.32. The van der Waals surface area contributed by atoms with E-state index in [0.29, 0.717) is 18.3 Å². The summed E-state index contributed by atoms with van der Waals surface area (Å²) in [6.45, 7) is 5.37. The van der Waals surface area contributed by atoms with Crippen LogP contribution in [0.3, 0.4) is 0 Å². The molecule has 1 aromatic rings. The van der Waals surface area contributed by atoms with Gasteiger partial charge in [0.05, 0.1) is 0 Å². The van der Waals surface area contributed by atoms with Crippen molar-refractivity contribution in [3.8, 4) is 0 Å². The van der Waals surface area contributed by atoms with Gasteiger partial charge in [-0.15, -0.1) is 6.58 Å². The molecule has 2 fully saturated rings. The van der Waals surface area contributed by atoms with Crippen molar-refractivity contribution < 1.29 is 9.32 Å². The topological polar surface area (TPSA) is 59.2 Å². The number of nitrogens with zero attached hydrogens (tertiary/aromatic N) is 3. The third-order valence-corrected chi connectivity index (χ3v) is 4.32. The van der Waals surface area contributed by atoms with Gasteiger partial charge in [-0.3, -0.25) is 4.79 Å². The summed E-state index contributed by atoms with van der Waals surface area (Å²) in [4.78, 5) is 18.6. The second-order valence-electron chi connectivity index (χ2n) is 6.20. The molecule has 114 valence electrons. The molecule has 5 heteroatoms. The SMILES string of the molecule is C=CCCC(=O)N1CCC[C@H](Cc2nc(C3CC3)no2)C1. The van der Waals surface area contributed by atoms with E-state index in [0.717, 1.165) is 50.5 Å². The van der Waals surface area contributed by atoms with E-state index in [1.165, 1.54) is 12.8 Å². The molecular weight excluding hydrogens is 266 g/mol. The summed E-state index contributed by atoms with van der Waals surface area (Å²) in [5.41, 5.74) is 0. The Kier molecular flexibility index (Phi) is 4.36.